The van der Waals surface area contributed by atoms with Gasteiger partial charge in [0.1, 0.15) is 17.2 Å². The van der Waals surface area contributed by atoms with Crippen LogP contribution in [0.3, 0.4) is 0 Å². The van der Waals surface area contributed by atoms with E-state index in [9.17, 15) is 14.4 Å². The highest BCUT2D eigenvalue weighted by Gasteiger charge is 2.04. The molecular formula is C37H40N2O7. The van der Waals surface area contributed by atoms with Crippen molar-refractivity contribution in [2.45, 2.75) is 26.7 Å². The minimum atomic E-state index is -0.986. The molecule has 0 fully saturated rings. The highest BCUT2D eigenvalue weighted by atomic mass is 16.5. The van der Waals surface area contributed by atoms with Gasteiger partial charge in [0.05, 0.1) is 19.8 Å². The Morgan fingerprint density at radius 2 is 1.07 bits per heavy atom. The van der Waals surface area contributed by atoms with Crippen LogP contribution in [-0.4, -0.2) is 55.3 Å². The third-order valence-corrected chi connectivity index (χ3v) is 7.01. The zero-order chi connectivity index (χ0) is 33.5. The minimum Gasteiger partial charge on any atom is -0.508 e. The van der Waals surface area contributed by atoms with Gasteiger partial charge in [-0.2, -0.15) is 0 Å². The largest absolute Gasteiger partial charge is 0.508 e. The number of carbonyl (C=O) groups excluding carboxylic acids is 2. The number of carboxylic acids is 1. The number of nitrogens with one attached hydrogen (secondary N) is 2. The average molecular weight is 625 g/mol. The Hall–Kier alpha value is -5.57. The first kappa shape index (κ1) is 34.9. The Kier molecular flexibility index (Phi) is 13.4. The molecule has 0 heterocycles. The predicted molar refractivity (Wildman–Crippen MR) is 181 cm³/mol. The maximum atomic E-state index is 10.9. The van der Waals surface area contributed by atoms with Gasteiger partial charge in [-0.05, 0) is 94.0 Å². The lowest BCUT2D eigenvalue weighted by atomic mass is 10.0. The molecule has 5 aromatic carbocycles. The number of aromatic hydroxyl groups is 1. The van der Waals surface area contributed by atoms with E-state index in [1.807, 2.05) is 36.4 Å². The van der Waals surface area contributed by atoms with E-state index in [1.165, 1.54) is 70.8 Å². The molecule has 0 radical (unpaired) electrons. The molecule has 0 aromatic heterocycles. The molecule has 0 bridgehead atoms. The molecule has 5 rings (SSSR count). The first-order valence-electron chi connectivity index (χ1n) is 14.7. The van der Waals surface area contributed by atoms with E-state index in [0.29, 0.717) is 13.1 Å². The second-order valence-corrected chi connectivity index (χ2v) is 10.3. The van der Waals surface area contributed by atoms with Crippen molar-refractivity contribution in [1.82, 2.24) is 10.6 Å². The molecule has 0 aliphatic carbocycles. The molecule has 46 heavy (non-hydrogen) atoms. The zero-order valence-electron chi connectivity index (χ0n) is 26.5. The molecule has 240 valence electrons. The van der Waals surface area contributed by atoms with Crippen molar-refractivity contribution in [3.63, 3.8) is 0 Å². The highest BCUT2D eigenvalue weighted by Crippen LogP contribution is 2.25. The smallest absolute Gasteiger partial charge is 0.335 e. The number of hydrogen-bond donors (Lipinski definition) is 4. The molecule has 5 aromatic rings. The van der Waals surface area contributed by atoms with Crippen molar-refractivity contribution in [2.24, 2.45) is 0 Å². The quantitative estimate of drug-likeness (QED) is 0.155. The SMILES string of the molecule is COc1ccc2cccc(CCNC(C)=O)c2c1.COc1ccc2cccc(CCNC(C)=O)c2c1.O=C(O)c1ccc(O)cc1. The van der Waals surface area contributed by atoms with Crippen molar-refractivity contribution in [2.75, 3.05) is 27.3 Å². The van der Waals surface area contributed by atoms with Gasteiger partial charge in [-0.15, -0.1) is 0 Å². The van der Waals surface area contributed by atoms with E-state index in [-0.39, 0.29) is 23.1 Å². The number of hydrogen-bond acceptors (Lipinski definition) is 6. The predicted octanol–water partition coefficient (Wildman–Crippen LogP) is 6.14. The van der Waals surface area contributed by atoms with Gasteiger partial charge in [0.25, 0.3) is 0 Å². The molecule has 0 saturated carbocycles. The zero-order valence-corrected chi connectivity index (χ0v) is 26.5. The van der Waals surface area contributed by atoms with Crippen LogP contribution in [0.15, 0.2) is 97.1 Å². The summed E-state index contributed by atoms with van der Waals surface area (Å²) >= 11 is 0. The van der Waals surface area contributed by atoms with Crippen molar-refractivity contribution in [3.8, 4) is 17.2 Å². The van der Waals surface area contributed by atoms with E-state index in [4.69, 9.17) is 19.7 Å². The van der Waals surface area contributed by atoms with E-state index in [2.05, 4.69) is 47.0 Å². The van der Waals surface area contributed by atoms with Gasteiger partial charge in [0.15, 0.2) is 0 Å². The first-order chi connectivity index (χ1) is 22.1. The van der Waals surface area contributed by atoms with Crippen LogP contribution in [0.5, 0.6) is 17.2 Å². The maximum absolute atomic E-state index is 10.9. The number of carbonyl (C=O) groups is 3. The number of aromatic carboxylic acids is 1. The molecule has 0 aliphatic rings. The molecule has 4 N–H and O–H groups in total. The van der Waals surface area contributed by atoms with Crippen molar-refractivity contribution in [1.29, 1.82) is 0 Å². The molecule has 9 nitrogen and oxygen atoms in total. The Morgan fingerprint density at radius 1 is 0.630 bits per heavy atom. The number of benzene rings is 5. The van der Waals surface area contributed by atoms with Gasteiger partial charge in [-0.3, -0.25) is 9.59 Å². The molecule has 0 unspecified atom stereocenters. The van der Waals surface area contributed by atoms with Crippen molar-refractivity contribution in [3.05, 3.63) is 114 Å². The van der Waals surface area contributed by atoms with Gasteiger partial charge in [0.2, 0.25) is 11.8 Å². The van der Waals surface area contributed by atoms with E-state index < -0.39 is 5.97 Å². The molecule has 0 aliphatic heterocycles. The Bertz CT molecular complexity index is 1660. The van der Waals surface area contributed by atoms with E-state index in [0.717, 1.165) is 24.3 Å². The number of ether oxygens (including phenoxy) is 2. The normalized spacial score (nSPS) is 10.1. The number of fused-ring (bicyclic) bond motifs is 2. The topological polar surface area (TPSA) is 134 Å². The third kappa shape index (κ3) is 10.9. The maximum Gasteiger partial charge on any atom is 0.335 e. The average Bonchev–Trinajstić information content (AvgIpc) is 3.05. The minimum absolute atomic E-state index is 0.00724. The van der Waals surface area contributed by atoms with Crippen LogP contribution in [-0.2, 0) is 22.4 Å². The lowest BCUT2D eigenvalue weighted by molar-refractivity contribution is -0.119. The summed E-state index contributed by atoms with van der Waals surface area (Å²) in [6, 6.07) is 29.9. The molecule has 0 saturated heterocycles. The summed E-state index contributed by atoms with van der Waals surface area (Å²) in [7, 11) is 3.34. The summed E-state index contributed by atoms with van der Waals surface area (Å²) in [6.07, 6.45) is 1.65. The van der Waals surface area contributed by atoms with Gasteiger partial charge < -0.3 is 30.3 Å². The van der Waals surface area contributed by atoms with Crippen LogP contribution in [0.1, 0.15) is 35.3 Å². The van der Waals surface area contributed by atoms with E-state index >= 15 is 0 Å². The fraction of sp³-hybridized carbons (Fsp3) is 0.216. The van der Waals surface area contributed by atoms with Gasteiger partial charge in [0, 0.05) is 26.9 Å². The van der Waals surface area contributed by atoms with Crippen LogP contribution in [0.4, 0.5) is 0 Å². The van der Waals surface area contributed by atoms with Crippen LogP contribution >= 0.6 is 0 Å². The second kappa shape index (κ2) is 17.7. The Labute approximate surface area is 268 Å². The van der Waals surface area contributed by atoms with Crippen LogP contribution in [0.2, 0.25) is 0 Å². The molecular weight excluding hydrogens is 584 g/mol. The number of carboxylic acid groups (broad SMARTS) is 1. The summed E-state index contributed by atoms with van der Waals surface area (Å²) in [5.74, 6) is 0.814. The monoisotopic (exact) mass is 624 g/mol. The number of methoxy groups -OCH3 is 2. The van der Waals surface area contributed by atoms with Crippen LogP contribution < -0.4 is 20.1 Å². The van der Waals surface area contributed by atoms with Crippen LogP contribution in [0, 0.1) is 0 Å². The number of phenolic OH excluding ortho intramolecular Hbond substituents is 1. The molecule has 0 atom stereocenters. The molecule has 2 amide bonds. The Balaban J connectivity index is 0.000000196. The van der Waals surface area contributed by atoms with E-state index in [1.54, 1.807) is 14.2 Å². The second-order valence-electron chi connectivity index (χ2n) is 10.3. The molecule has 0 spiro atoms. The summed E-state index contributed by atoms with van der Waals surface area (Å²) in [5, 5.41) is 27.5. The number of phenols is 1. The number of amides is 2. The fourth-order valence-electron chi connectivity index (χ4n) is 4.67. The summed E-state index contributed by atoms with van der Waals surface area (Å²) in [4.78, 5) is 32.0. The van der Waals surface area contributed by atoms with Crippen molar-refractivity contribution < 1.29 is 34.1 Å². The highest BCUT2D eigenvalue weighted by molar-refractivity contribution is 5.88. The summed E-state index contributed by atoms with van der Waals surface area (Å²) < 4.78 is 10.5. The Morgan fingerprint density at radius 3 is 1.43 bits per heavy atom. The summed E-state index contributed by atoms with van der Waals surface area (Å²) in [6.45, 7) is 4.38. The standard InChI is InChI=1S/2C15H17NO2.C7H6O3/c2*1-11(17)16-9-8-13-5-3-4-12-6-7-14(18-2)10-15(12)13;8-6-3-1-5(2-4-6)7(9)10/h2*3-7,10H,8-9H2,1-2H3,(H,16,17);1-4,8H,(H,9,10). The summed E-state index contributed by atoms with van der Waals surface area (Å²) in [5.41, 5.74) is 2.62. The molecule has 9 heteroatoms. The number of rotatable bonds is 9. The van der Waals surface area contributed by atoms with Gasteiger partial charge in [-0.25, -0.2) is 4.79 Å². The van der Waals surface area contributed by atoms with Crippen LogP contribution in [0.25, 0.3) is 21.5 Å². The third-order valence-electron chi connectivity index (χ3n) is 7.01. The lowest BCUT2D eigenvalue weighted by Gasteiger charge is -2.08. The lowest BCUT2D eigenvalue weighted by Crippen LogP contribution is -2.22. The van der Waals surface area contributed by atoms with Gasteiger partial charge in [-0.1, -0.05) is 48.5 Å². The van der Waals surface area contributed by atoms with Gasteiger partial charge >= 0.3 is 5.97 Å². The first-order valence-corrected chi connectivity index (χ1v) is 14.7. The fourth-order valence-corrected chi connectivity index (χ4v) is 4.67. The van der Waals surface area contributed by atoms with Crippen molar-refractivity contribution >= 4 is 39.3 Å².